The molecule has 0 aromatic carbocycles. The van der Waals surface area contributed by atoms with E-state index >= 15 is 0 Å². The molecule has 3 N–H and O–H groups in total. The van der Waals surface area contributed by atoms with Crippen molar-refractivity contribution in [2.24, 2.45) is 5.73 Å². The fourth-order valence-corrected chi connectivity index (χ4v) is 1.86. The largest absolute Gasteiger partial charge is 0.453 e. The summed E-state index contributed by atoms with van der Waals surface area (Å²) in [6, 6.07) is -0.965. The first-order valence-corrected chi connectivity index (χ1v) is 5.89. The van der Waals surface area contributed by atoms with Crippen LogP contribution < -0.4 is 11.1 Å². The highest BCUT2D eigenvalue weighted by Gasteiger charge is 2.40. The van der Waals surface area contributed by atoms with E-state index in [9.17, 15) is 9.59 Å². The molecule has 18 heavy (non-hydrogen) atoms. The molecule has 1 aliphatic heterocycles. The quantitative estimate of drug-likeness (QED) is 0.673. The van der Waals surface area contributed by atoms with E-state index in [1.54, 1.807) is 11.8 Å². The number of nitrogens with two attached hydrogens (primary N) is 1. The van der Waals surface area contributed by atoms with Crippen molar-refractivity contribution in [3.63, 3.8) is 0 Å². The Labute approximate surface area is 107 Å². The summed E-state index contributed by atoms with van der Waals surface area (Å²) in [4.78, 5) is 25.3. The molecule has 0 spiro atoms. The van der Waals surface area contributed by atoms with Gasteiger partial charge in [-0.1, -0.05) is 0 Å². The van der Waals surface area contributed by atoms with Gasteiger partial charge in [0.15, 0.2) is 6.04 Å². The van der Waals surface area contributed by atoms with Crippen LogP contribution in [0.1, 0.15) is 19.8 Å². The lowest BCUT2D eigenvalue weighted by Gasteiger charge is -2.34. The first-order valence-electron chi connectivity index (χ1n) is 5.89. The van der Waals surface area contributed by atoms with Gasteiger partial charge in [0.25, 0.3) is 0 Å². The summed E-state index contributed by atoms with van der Waals surface area (Å²) >= 11 is 0. The molecule has 0 bridgehead atoms. The lowest BCUT2D eigenvalue weighted by molar-refractivity contribution is -0.140. The summed E-state index contributed by atoms with van der Waals surface area (Å²) in [6.45, 7) is 2.90. The van der Waals surface area contributed by atoms with Crippen molar-refractivity contribution in [1.29, 1.82) is 0 Å². The van der Waals surface area contributed by atoms with Crippen molar-refractivity contribution >= 4 is 12.0 Å². The normalized spacial score (nSPS) is 20.1. The maximum absolute atomic E-state index is 12.3. The van der Waals surface area contributed by atoms with E-state index in [0.717, 1.165) is 12.8 Å². The average molecular weight is 259 g/mol. The van der Waals surface area contributed by atoms with Gasteiger partial charge in [-0.25, -0.2) is 4.79 Å². The highest BCUT2D eigenvalue weighted by molar-refractivity contribution is 5.87. The SMILES string of the molecule is COC(=O)NC(C(=O)N1CCCC1)[C@@](C)(N)OC. The van der Waals surface area contributed by atoms with Crippen molar-refractivity contribution in [3.05, 3.63) is 0 Å². The lowest BCUT2D eigenvalue weighted by Crippen LogP contribution is -2.64. The Morgan fingerprint density at radius 1 is 1.33 bits per heavy atom. The molecule has 0 aliphatic carbocycles. The minimum atomic E-state index is -1.28. The fraction of sp³-hybridized carbons (Fsp3) is 0.818. The van der Waals surface area contributed by atoms with E-state index in [0.29, 0.717) is 13.1 Å². The number of nitrogens with zero attached hydrogens (tertiary/aromatic N) is 1. The van der Waals surface area contributed by atoms with Crippen LogP contribution in [0, 0.1) is 0 Å². The minimum Gasteiger partial charge on any atom is -0.453 e. The zero-order chi connectivity index (χ0) is 13.8. The number of carbonyl (C=O) groups is 2. The Bertz CT molecular complexity index is 313. The molecule has 7 nitrogen and oxygen atoms in total. The van der Waals surface area contributed by atoms with Crippen molar-refractivity contribution < 1.29 is 19.1 Å². The molecule has 104 valence electrons. The minimum absolute atomic E-state index is 0.246. The highest BCUT2D eigenvalue weighted by atomic mass is 16.5. The molecule has 0 radical (unpaired) electrons. The molecule has 1 rings (SSSR count). The molecule has 2 amide bonds. The predicted molar refractivity (Wildman–Crippen MR) is 64.7 cm³/mol. The van der Waals surface area contributed by atoms with Gasteiger partial charge in [-0.05, 0) is 19.8 Å². The Hall–Kier alpha value is -1.34. The van der Waals surface area contributed by atoms with E-state index in [2.05, 4.69) is 10.1 Å². The van der Waals surface area contributed by atoms with E-state index in [4.69, 9.17) is 10.5 Å². The van der Waals surface area contributed by atoms with Gasteiger partial charge < -0.3 is 25.4 Å². The second kappa shape index (κ2) is 6.01. The van der Waals surface area contributed by atoms with E-state index in [1.165, 1.54) is 14.2 Å². The Morgan fingerprint density at radius 3 is 2.33 bits per heavy atom. The van der Waals surface area contributed by atoms with Crippen LogP contribution in [0.2, 0.25) is 0 Å². The number of likely N-dealkylation sites (tertiary alicyclic amines) is 1. The van der Waals surface area contributed by atoms with Gasteiger partial charge in [0.2, 0.25) is 5.91 Å². The zero-order valence-electron chi connectivity index (χ0n) is 11.1. The molecule has 2 atom stereocenters. The van der Waals surface area contributed by atoms with Gasteiger partial charge in [-0.3, -0.25) is 4.79 Å². The summed E-state index contributed by atoms with van der Waals surface area (Å²) < 4.78 is 9.59. The first kappa shape index (κ1) is 14.7. The molecule has 0 aromatic rings. The number of methoxy groups -OCH3 is 2. The highest BCUT2D eigenvalue weighted by Crippen LogP contribution is 2.15. The number of nitrogens with one attached hydrogen (secondary N) is 1. The van der Waals surface area contributed by atoms with Gasteiger partial charge in [0.1, 0.15) is 5.72 Å². The molecule has 1 saturated heterocycles. The van der Waals surface area contributed by atoms with Crippen molar-refractivity contribution in [3.8, 4) is 0 Å². The molecular formula is C11H21N3O4. The van der Waals surface area contributed by atoms with Crippen LogP contribution in [0.3, 0.4) is 0 Å². The standard InChI is InChI=1S/C11H21N3O4/c1-11(12,18-3)8(13-10(16)17-2)9(15)14-6-4-5-7-14/h8H,4-7,12H2,1-3H3,(H,13,16)/t8?,11-/m0/s1. The van der Waals surface area contributed by atoms with Crippen molar-refractivity contribution in [1.82, 2.24) is 10.2 Å². The average Bonchev–Trinajstić information content (AvgIpc) is 2.88. The lowest BCUT2D eigenvalue weighted by atomic mass is 10.1. The summed E-state index contributed by atoms with van der Waals surface area (Å²) in [7, 11) is 2.62. The topological polar surface area (TPSA) is 93.9 Å². The van der Waals surface area contributed by atoms with Crippen LogP contribution in [-0.4, -0.2) is 56.0 Å². The molecule has 0 aromatic heterocycles. The van der Waals surface area contributed by atoms with Gasteiger partial charge in [0.05, 0.1) is 7.11 Å². The first-order chi connectivity index (χ1) is 8.42. The molecule has 7 heteroatoms. The fourth-order valence-electron chi connectivity index (χ4n) is 1.86. The van der Waals surface area contributed by atoms with Gasteiger partial charge in [-0.2, -0.15) is 0 Å². The van der Waals surface area contributed by atoms with Gasteiger partial charge in [-0.15, -0.1) is 0 Å². The summed E-state index contributed by atoms with van der Waals surface area (Å²) in [5.41, 5.74) is 4.61. The second-order valence-corrected chi connectivity index (χ2v) is 4.49. The number of hydrogen-bond acceptors (Lipinski definition) is 5. The Balaban J connectivity index is 2.82. The van der Waals surface area contributed by atoms with Crippen LogP contribution in [0.25, 0.3) is 0 Å². The van der Waals surface area contributed by atoms with Crippen LogP contribution in [0.15, 0.2) is 0 Å². The number of alkyl carbamates (subject to hydrolysis) is 1. The second-order valence-electron chi connectivity index (χ2n) is 4.49. The van der Waals surface area contributed by atoms with Crippen molar-refractivity contribution in [2.45, 2.75) is 31.5 Å². The van der Waals surface area contributed by atoms with E-state index in [-0.39, 0.29) is 5.91 Å². The maximum Gasteiger partial charge on any atom is 0.407 e. The van der Waals surface area contributed by atoms with Crippen LogP contribution in [0.4, 0.5) is 4.79 Å². The number of carbonyl (C=O) groups excluding carboxylic acids is 2. The Kier molecular flexibility index (Phi) is 4.92. The third-order valence-corrected chi connectivity index (χ3v) is 3.13. The van der Waals surface area contributed by atoms with E-state index < -0.39 is 17.9 Å². The third kappa shape index (κ3) is 3.33. The molecule has 1 aliphatic rings. The summed E-state index contributed by atoms with van der Waals surface area (Å²) in [6.07, 6.45) is 1.22. The third-order valence-electron chi connectivity index (χ3n) is 3.13. The molecule has 1 fully saturated rings. The maximum atomic E-state index is 12.3. The molecule has 1 heterocycles. The van der Waals surface area contributed by atoms with Gasteiger partial charge >= 0.3 is 6.09 Å². The Morgan fingerprint density at radius 2 is 1.89 bits per heavy atom. The number of rotatable bonds is 4. The van der Waals surface area contributed by atoms with Crippen LogP contribution >= 0.6 is 0 Å². The summed E-state index contributed by atoms with van der Waals surface area (Å²) in [5, 5.41) is 2.43. The van der Waals surface area contributed by atoms with E-state index in [1.807, 2.05) is 0 Å². The molecule has 0 saturated carbocycles. The van der Waals surface area contributed by atoms with Crippen molar-refractivity contribution in [2.75, 3.05) is 27.3 Å². The summed E-state index contributed by atoms with van der Waals surface area (Å²) in [5.74, 6) is -0.246. The number of amides is 2. The van der Waals surface area contributed by atoms with Crippen LogP contribution in [0.5, 0.6) is 0 Å². The zero-order valence-corrected chi connectivity index (χ0v) is 11.1. The monoisotopic (exact) mass is 259 g/mol. The number of ether oxygens (including phenoxy) is 2. The smallest absolute Gasteiger partial charge is 0.407 e. The van der Waals surface area contributed by atoms with Gasteiger partial charge in [0, 0.05) is 20.2 Å². The molecular weight excluding hydrogens is 238 g/mol. The predicted octanol–water partition coefficient (Wildman–Crippen LogP) is -0.345. The van der Waals surface area contributed by atoms with Crippen LogP contribution in [-0.2, 0) is 14.3 Å². The molecule has 1 unspecified atom stereocenters. The number of hydrogen-bond donors (Lipinski definition) is 2.